The average molecular weight is 270 g/mol. The van der Waals surface area contributed by atoms with Gasteiger partial charge in [0.05, 0.1) is 0 Å². The molecule has 0 aliphatic heterocycles. The first-order valence-corrected chi connectivity index (χ1v) is 7.15. The van der Waals surface area contributed by atoms with Gasteiger partial charge in [-0.2, -0.15) is 0 Å². The van der Waals surface area contributed by atoms with E-state index in [4.69, 9.17) is 11.5 Å². The summed E-state index contributed by atoms with van der Waals surface area (Å²) >= 11 is 0. The van der Waals surface area contributed by atoms with E-state index < -0.39 is 0 Å². The predicted octanol–water partition coefficient (Wildman–Crippen LogP) is 2.99. The molecule has 4 heteroatoms. The Morgan fingerprint density at radius 3 is 1.55 bits per heavy atom. The van der Waals surface area contributed by atoms with Crippen LogP contribution in [0.4, 0.5) is 11.4 Å². The molecule has 4 N–H and O–H groups in total. The maximum absolute atomic E-state index is 5.73. The van der Waals surface area contributed by atoms with Crippen molar-refractivity contribution in [2.45, 2.75) is 38.5 Å². The van der Waals surface area contributed by atoms with Crippen LogP contribution in [-0.2, 0) is 12.8 Å². The number of aryl methyl sites for hydroxylation is 2. The van der Waals surface area contributed by atoms with E-state index in [1.54, 1.807) is 12.4 Å². The molecule has 0 atom stereocenters. The van der Waals surface area contributed by atoms with Crippen LogP contribution < -0.4 is 11.5 Å². The highest BCUT2D eigenvalue weighted by atomic mass is 14.7. The Labute approximate surface area is 120 Å². The van der Waals surface area contributed by atoms with E-state index in [1.165, 1.54) is 12.8 Å². The predicted molar refractivity (Wildman–Crippen MR) is 83.2 cm³/mol. The lowest BCUT2D eigenvalue weighted by Gasteiger charge is -2.03. The van der Waals surface area contributed by atoms with Crippen LogP contribution in [0.25, 0.3) is 0 Å². The number of hydrogen-bond donors (Lipinski definition) is 2. The van der Waals surface area contributed by atoms with Crippen molar-refractivity contribution in [2.24, 2.45) is 0 Å². The quantitative estimate of drug-likeness (QED) is 0.758. The largest absolute Gasteiger partial charge is 0.399 e. The van der Waals surface area contributed by atoms with Crippen molar-refractivity contribution >= 4 is 11.4 Å². The fourth-order valence-corrected chi connectivity index (χ4v) is 2.23. The Morgan fingerprint density at radius 2 is 1.15 bits per heavy atom. The molecule has 2 rings (SSSR count). The summed E-state index contributed by atoms with van der Waals surface area (Å²) in [6, 6.07) is 7.55. The first-order valence-electron chi connectivity index (χ1n) is 7.15. The van der Waals surface area contributed by atoms with Gasteiger partial charge in [0, 0.05) is 35.2 Å². The maximum atomic E-state index is 5.73. The number of nitrogens with zero attached hydrogens (tertiary/aromatic N) is 2. The summed E-state index contributed by atoms with van der Waals surface area (Å²) < 4.78 is 0. The first-order chi connectivity index (χ1) is 9.74. The number of nitrogens with two attached hydrogens (primary N) is 2. The molecule has 0 amide bonds. The fraction of sp³-hybridized carbons (Fsp3) is 0.375. The van der Waals surface area contributed by atoms with E-state index in [2.05, 4.69) is 9.97 Å². The van der Waals surface area contributed by atoms with Crippen LogP contribution in [0.2, 0.25) is 0 Å². The van der Waals surface area contributed by atoms with Gasteiger partial charge >= 0.3 is 0 Å². The van der Waals surface area contributed by atoms with Crippen molar-refractivity contribution < 1.29 is 0 Å². The van der Waals surface area contributed by atoms with E-state index in [9.17, 15) is 0 Å². The molecule has 20 heavy (non-hydrogen) atoms. The number of aromatic nitrogens is 2. The number of nitrogen functional groups attached to an aromatic ring is 2. The van der Waals surface area contributed by atoms with Gasteiger partial charge in [-0.25, -0.2) is 0 Å². The number of anilines is 2. The van der Waals surface area contributed by atoms with Crippen LogP contribution in [0.5, 0.6) is 0 Å². The first kappa shape index (κ1) is 14.3. The zero-order valence-corrected chi connectivity index (χ0v) is 11.8. The van der Waals surface area contributed by atoms with Gasteiger partial charge in [0.1, 0.15) is 0 Å². The van der Waals surface area contributed by atoms with Crippen molar-refractivity contribution in [2.75, 3.05) is 11.5 Å². The van der Waals surface area contributed by atoms with Gasteiger partial charge in [-0.1, -0.05) is 12.8 Å². The molecule has 0 aliphatic rings. The lowest BCUT2D eigenvalue weighted by molar-refractivity contribution is 0.632. The van der Waals surface area contributed by atoms with Crippen molar-refractivity contribution in [3.63, 3.8) is 0 Å². The Balaban J connectivity index is 1.60. The normalized spacial score (nSPS) is 10.6. The summed E-state index contributed by atoms with van der Waals surface area (Å²) in [6.45, 7) is 0. The minimum absolute atomic E-state index is 0.794. The molecule has 0 unspecified atom stereocenters. The molecule has 0 bridgehead atoms. The summed E-state index contributed by atoms with van der Waals surface area (Å²) in [5.74, 6) is 0. The molecule has 0 fully saturated rings. The topological polar surface area (TPSA) is 77.8 Å². The molecule has 0 saturated carbocycles. The Kier molecular flexibility index (Phi) is 5.35. The van der Waals surface area contributed by atoms with Crippen molar-refractivity contribution in [3.8, 4) is 0 Å². The third-order valence-electron chi connectivity index (χ3n) is 3.30. The molecule has 4 nitrogen and oxygen atoms in total. The third-order valence-corrected chi connectivity index (χ3v) is 3.30. The minimum atomic E-state index is 0.794. The molecular weight excluding hydrogens is 248 g/mol. The zero-order valence-electron chi connectivity index (χ0n) is 11.8. The van der Waals surface area contributed by atoms with Gasteiger partial charge in [-0.05, 0) is 49.9 Å². The molecule has 0 saturated heterocycles. The number of hydrogen-bond acceptors (Lipinski definition) is 4. The van der Waals surface area contributed by atoms with Gasteiger partial charge in [0.15, 0.2) is 0 Å². The molecule has 0 radical (unpaired) electrons. The van der Waals surface area contributed by atoms with Crippen LogP contribution in [0.3, 0.4) is 0 Å². The SMILES string of the molecule is Nc1ccnc(CCCCCCc2cc(N)ccn2)c1. The van der Waals surface area contributed by atoms with Gasteiger partial charge in [-0.3, -0.25) is 9.97 Å². The standard InChI is InChI=1S/C16H22N4/c17-13-7-9-19-15(11-13)5-3-1-2-4-6-16-12-14(18)8-10-20-16/h7-12H,1-6H2,(H2,17,19)(H2,18,20). The number of unbranched alkanes of at least 4 members (excludes halogenated alkanes) is 3. The van der Waals surface area contributed by atoms with Crippen LogP contribution >= 0.6 is 0 Å². The molecule has 2 heterocycles. The van der Waals surface area contributed by atoms with E-state index >= 15 is 0 Å². The summed E-state index contributed by atoms with van der Waals surface area (Å²) in [5, 5.41) is 0. The Morgan fingerprint density at radius 1 is 0.700 bits per heavy atom. The maximum Gasteiger partial charge on any atom is 0.0424 e. The molecule has 106 valence electrons. The lowest BCUT2D eigenvalue weighted by Crippen LogP contribution is -1.95. The number of pyridine rings is 2. The van der Waals surface area contributed by atoms with E-state index in [-0.39, 0.29) is 0 Å². The summed E-state index contributed by atoms with van der Waals surface area (Å²) in [5.41, 5.74) is 15.2. The molecule has 2 aromatic heterocycles. The third kappa shape index (κ3) is 4.88. The van der Waals surface area contributed by atoms with Crippen LogP contribution in [0, 0.1) is 0 Å². The monoisotopic (exact) mass is 270 g/mol. The second-order valence-electron chi connectivity index (χ2n) is 5.08. The van der Waals surface area contributed by atoms with Gasteiger partial charge in [0.25, 0.3) is 0 Å². The fourth-order valence-electron chi connectivity index (χ4n) is 2.23. The highest BCUT2D eigenvalue weighted by Gasteiger charge is 1.98. The molecule has 2 aromatic rings. The molecule has 0 aliphatic carbocycles. The average Bonchev–Trinajstić information content (AvgIpc) is 2.43. The summed E-state index contributed by atoms with van der Waals surface area (Å²) in [4.78, 5) is 8.62. The Hall–Kier alpha value is -2.10. The van der Waals surface area contributed by atoms with Crippen LogP contribution in [-0.4, -0.2) is 9.97 Å². The van der Waals surface area contributed by atoms with Gasteiger partial charge < -0.3 is 11.5 Å². The number of rotatable bonds is 7. The summed E-state index contributed by atoms with van der Waals surface area (Å²) in [6.07, 6.45) is 10.3. The molecule has 0 aromatic carbocycles. The van der Waals surface area contributed by atoms with Crippen molar-refractivity contribution in [3.05, 3.63) is 48.0 Å². The minimum Gasteiger partial charge on any atom is -0.399 e. The van der Waals surface area contributed by atoms with Gasteiger partial charge in [0.2, 0.25) is 0 Å². The second-order valence-corrected chi connectivity index (χ2v) is 5.08. The highest BCUT2D eigenvalue weighted by molar-refractivity contribution is 5.37. The second kappa shape index (κ2) is 7.48. The highest BCUT2D eigenvalue weighted by Crippen LogP contribution is 2.11. The smallest absolute Gasteiger partial charge is 0.0424 e. The lowest BCUT2D eigenvalue weighted by atomic mass is 10.1. The van der Waals surface area contributed by atoms with E-state index in [1.807, 2.05) is 24.3 Å². The van der Waals surface area contributed by atoms with Crippen LogP contribution in [0.15, 0.2) is 36.7 Å². The van der Waals surface area contributed by atoms with Gasteiger partial charge in [-0.15, -0.1) is 0 Å². The van der Waals surface area contributed by atoms with E-state index in [0.717, 1.165) is 48.4 Å². The van der Waals surface area contributed by atoms with E-state index in [0.29, 0.717) is 0 Å². The summed E-state index contributed by atoms with van der Waals surface area (Å²) in [7, 11) is 0. The van der Waals surface area contributed by atoms with Crippen molar-refractivity contribution in [1.29, 1.82) is 0 Å². The van der Waals surface area contributed by atoms with Crippen LogP contribution in [0.1, 0.15) is 37.1 Å². The van der Waals surface area contributed by atoms with Crippen molar-refractivity contribution in [1.82, 2.24) is 9.97 Å². The zero-order chi connectivity index (χ0) is 14.2. The Bertz CT molecular complexity index is 490. The molecular formula is C16H22N4. The molecule has 0 spiro atoms.